The van der Waals surface area contributed by atoms with Gasteiger partial charge in [0, 0.05) is 10.7 Å². The maximum Gasteiger partial charge on any atom is 0.338 e. The summed E-state index contributed by atoms with van der Waals surface area (Å²) >= 11 is 12.0. The molecule has 0 saturated heterocycles. The number of rotatable bonds is 7. The highest BCUT2D eigenvalue weighted by Gasteiger charge is 2.37. The summed E-state index contributed by atoms with van der Waals surface area (Å²) in [7, 11) is 0. The number of halogens is 2. The van der Waals surface area contributed by atoms with E-state index in [1.807, 2.05) is 6.92 Å². The molecule has 2 aromatic carbocycles. The van der Waals surface area contributed by atoms with Gasteiger partial charge in [0.1, 0.15) is 10.7 Å². The van der Waals surface area contributed by atoms with E-state index in [-0.39, 0.29) is 17.3 Å². The number of carbonyl (C=O) groups excluding carboxylic acids is 3. The molecule has 6 nitrogen and oxygen atoms in total. The standard InChI is InChI=1S/C21H18Cl2N2O4/c1-2-10-29-21(28)14-4-3-5-16(11-14)24-18-17(23)19(26)25(20(18)27)12-13-6-8-15(22)9-7-13/h3-9,11,24H,2,10,12H2,1H3. The number of imide groups is 1. The van der Waals surface area contributed by atoms with Crippen LogP contribution >= 0.6 is 23.2 Å². The number of nitrogens with zero attached hydrogens (tertiary/aromatic N) is 1. The SMILES string of the molecule is CCCOC(=O)c1cccc(NC2=C(Cl)C(=O)N(Cc3ccc(Cl)cc3)C2=O)c1. The number of anilines is 1. The lowest BCUT2D eigenvalue weighted by molar-refractivity contribution is -0.138. The van der Waals surface area contributed by atoms with Crippen molar-refractivity contribution >= 4 is 46.7 Å². The molecule has 0 aromatic heterocycles. The molecular weight excluding hydrogens is 415 g/mol. The molecule has 1 N–H and O–H groups in total. The first-order valence-electron chi connectivity index (χ1n) is 8.95. The fraction of sp³-hybridized carbons (Fsp3) is 0.190. The van der Waals surface area contributed by atoms with Crippen molar-refractivity contribution in [3.8, 4) is 0 Å². The van der Waals surface area contributed by atoms with E-state index in [4.69, 9.17) is 27.9 Å². The third-order valence-corrected chi connectivity index (χ3v) is 4.77. The minimum Gasteiger partial charge on any atom is -0.462 e. The predicted molar refractivity (Wildman–Crippen MR) is 111 cm³/mol. The molecule has 0 radical (unpaired) electrons. The molecule has 8 heteroatoms. The number of amides is 2. The molecule has 0 atom stereocenters. The van der Waals surface area contributed by atoms with E-state index in [0.29, 0.717) is 29.3 Å². The Balaban J connectivity index is 1.75. The molecule has 2 aromatic rings. The van der Waals surface area contributed by atoms with Crippen molar-refractivity contribution in [2.45, 2.75) is 19.9 Å². The summed E-state index contributed by atoms with van der Waals surface area (Å²) in [5.74, 6) is -1.60. The Kier molecular flexibility index (Phi) is 6.56. The Hall–Kier alpha value is -2.83. The van der Waals surface area contributed by atoms with Gasteiger partial charge in [0.2, 0.25) is 0 Å². The summed E-state index contributed by atoms with van der Waals surface area (Å²) < 4.78 is 5.11. The lowest BCUT2D eigenvalue weighted by Gasteiger charge is -2.15. The Labute approximate surface area is 178 Å². The quantitative estimate of drug-likeness (QED) is 0.520. The van der Waals surface area contributed by atoms with E-state index in [2.05, 4.69) is 5.32 Å². The molecule has 0 fully saturated rings. The third-order valence-electron chi connectivity index (χ3n) is 4.17. The number of hydrogen-bond donors (Lipinski definition) is 1. The summed E-state index contributed by atoms with van der Waals surface area (Å²) in [4.78, 5) is 38.3. The second-order valence-corrected chi connectivity index (χ2v) is 7.17. The van der Waals surface area contributed by atoms with E-state index in [1.165, 1.54) is 6.07 Å². The van der Waals surface area contributed by atoms with Gasteiger partial charge in [-0.3, -0.25) is 14.5 Å². The highest BCUT2D eigenvalue weighted by atomic mass is 35.5. The zero-order valence-corrected chi connectivity index (χ0v) is 17.1. The maximum atomic E-state index is 12.7. The predicted octanol–water partition coefficient (Wildman–Crippen LogP) is 4.34. The van der Waals surface area contributed by atoms with Crippen LogP contribution in [0.3, 0.4) is 0 Å². The van der Waals surface area contributed by atoms with Crippen molar-refractivity contribution in [1.29, 1.82) is 0 Å². The van der Waals surface area contributed by atoms with Crippen LogP contribution in [0.4, 0.5) is 5.69 Å². The van der Waals surface area contributed by atoms with E-state index < -0.39 is 17.8 Å². The number of hydrogen-bond acceptors (Lipinski definition) is 5. The number of nitrogens with one attached hydrogen (secondary N) is 1. The molecule has 3 rings (SSSR count). The van der Waals surface area contributed by atoms with Crippen molar-refractivity contribution < 1.29 is 19.1 Å². The summed E-state index contributed by atoms with van der Waals surface area (Å²) in [6, 6.07) is 13.3. The largest absolute Gasteiger partial charge is 0.462 e. The summed E-state index contributed by atoms with van der Waals surface area (Å²) in [5, 5.41) is 3.21. The summed E-state index contributed by atoms with van der Waals surface area (Å²) in [6.07, 6.45) is 0.715. The summed E-state index contributed by atoms with van der Waals surface area (Å²) in [5.41, 5.74) is 1.47. The number of benzene rings is 2. The molecular formula is C21H18Cl2N2O4. The molecule has 29 heavy (non-hydrogen) atoms. The van der Waals surface area contributed by atoms with Crippen molar-refractivity contribution in [2.24, 2.45) is 0 Å². The minimum atomic E-state index is -0.590. The summed E-state index contributed by atoms with van der Waals surface area (Å²) in [6.45, 7) is 2.29. The molecule has 0 saturated carbocycles. The Morgan fingerprint density at radius 1 is 1.07 bits per heavy atom. The molecule has 0 bridgehead atoms. The van der Waals surface area contributed by atoms with Gasteiger partial charge in [-0.25, -0.2) is 4.79 Å². The van der Waals surface area contributed by atoms with Crippen LogP contribution in [0.25, 0.3) is 0 Å². The Morgan fingerprint density at radius 2 is 1.79 bits per heavy atom. The topological polar surface area (TPSA) is 75.7 Å². The average Bonchev–Trinajstić information content (AvgIpc) is 2.92. The lowest BCUT2D eigenvalue weighted by atomic mass is 10.2. The molecule has 1 heterocycles. The molecule has 1 aliphatic rings. The molecule has 2 amide bonds. The van der Waals surface area contributed by atoms with Crippen molar-refractivity contribution in [1.82, 2.24) is 4.90 Å². The first-order valence-corrected chi connectivity index (χ1v) is 9.71. The van der Waals surface area contributed by atoms with Gasteiger partial charge in [-0.05, 0) is 42.3 Å². The van der Waals surface area contributed by atoms with Crippen LogP contribution in [0.15, 0.2) is 59.3 Å². The second-order valence-electron chi connectivity index (χ2n) is 6.35. The van der Waals surface area contributed by atoms with Gasteiger partial charge in [0.05, 0.1) is 18.7 Å². The van der Waals surface area contributed by atoms with E-state index in [1.54, 1.807) is 42.5 Å². The number of ether oxygens (including phenoxy) is 1. The van der Waals surface area contributed by atoms with Gasteiger partial charge in [-0.2, -0.15) is 0 Å². The first-order chi connectivity index (χ1) is 13.9. The second kappa shape index (κ2) is 9.11. The van der Waals surface area contributed by atoms with Gasteiger partial charge in [0.25, 0.3) is 11.8 Å². The van der Waals surface area contributed by atoms with Crippen LogP contribution in [0, 0.1) is 0 Å². The lowest BCUT2D eigenvalue weighted by Crippen LogP contribution is -2.31. The van der Waals surface area contributed by atoms with Crippen molar-refractivity contribution in [2.75, 3.05) is 11.9 Å². The zero-order valence-electron chi connectivity index (χ0n) is 15.6. The van der Waals surface area contributed by atoms with Gasteiger partial charge >= 0.3 is 5.97 Å². The molecule has 1 aliphatic heterocycles. The van der Waals surface area contributed by atoms with Crippen LogP contribution in [-0.2, 0) is 20.9 Å². The van der Waals surface area contributed by atoms with E-state index in [0.717, 1.165) is 10.5 Å². The minimum absolute atomic E-state index is 0.0373. The van der Waals surface area contributed by atoms with Crippen LogP contribution < -0.4 is 5.32 Å². The average molecular weight is 433 g/mol. The van der Waals surface area contributed by atoms with Crippen LogP contribution in [0.2, 0.25) is 5.02 Å². The van der Waals surface area contributed by atoms with Gasteiger partial charge in [-0.1, -0.05) is 48.3 Å². The Bertz CT molecular complexity index is 986. The van der Waals surface area contributed by atoms with Crippen LogP contribution in [0.1, 0.15) is 29.3 Å². The highest BCUT2D eigenvalue weighted by Crippen LogP contribution is 2.27. The van der Waals surface area contributed by atoms with Crippen LogP contribution in [0.5, 0.6) is 0 Å². The van der Waals surface area contributed by atoms with Crippen LogP contribution in [-0.4, -0.2) is 29.3 Å². The molecule has 150 valence electrons. The van der Waals surface area contributed by atoms with Gasteiger partial charge < -0.3 is 10.1 Å². The molecule has 0 aliphatic carbocycles. The monoisotopic (exact) mass is 432 g/mol. The fourth-order valence-electron chi connectivity index (χ4n) is 2.72. The normalized spacial score (nSPS) is 13.8. The third kappa shape index (κ3) is 4.78. The van der Waals surface area contributed by atoms with Crippen molar-refractivity contribution in [3.63, 3.8) is 0 Å². The van der Waals surface area contributed by atoms with E-state index in [9.17, 15) is 14.4 Å². The Morgan fingerprint density at radius 3 is 2.48 bits per heavy atom. The number of carbonyl (C=O) groups is 3. The van der Waals surface area contributed by atoms with Gasteiger partial charge in [-0.15, -0.1) is 0 Å². The molecule has 0 spiro atoms. The number of esters is 1. The first kappa shape index (κ1) is 20.9. The maximum absolute atomic E-state index is 12.7. The smallest absolute Gasteiger partial charge is 0.338 e. The van der Waals surface area contributed by atoms with Crippen molar-refractivity contribution in [3.05, 3.63) is 75.4 Å². The van der Waals surface area contributed by atoms with E-state index >= 15 is 0 Å². The molecule has 0 unspecified atom stereocenters. The zero-order chi connectivity index (χ0) is 21.0. The highest BCUT2D eigenvalue weighted by molar-refractivity contribution is 6.48. The fourth-order valence-corrected chi connectivity index (χ4v) is 3.07. The van der Waals surface area contributed by atoms with Gasteiger partial charge in [0.15, 0.2) is 0 Å².